The second-order valence-corrected chi connectivity index (χ2v) is 10.0. The summed E-state index contributed by atoms with van der Waals surface area (Å²) in [4.78, 5) is 13.1. The first-order chi connectivity index (χ1) is 16.1. The smallest absolute Gasteiger partial charge is 0.283 e. The van der Waals surface area contributed by atoms with E-state index in [-0.39, 0.29) is 17.7 Å². The summed E-state index contributed by atoms with van der Waals surface area (Å²) in [6, 6.07) is 21.0. The number of nitrogens with two attached hydrogens (primary N) is 1. The van der Waals surface area contributed by atoms with E-state index in [1.807, 2.05) is 51.1 Å². The van der Waals surface area contributed by atoms with Gasteiger partial charge in [-0.1, -0.05) is 54.1 Å². The molecule has 0 saturated heterocycles. The topological polar surface area (TPSA) is 107 Å². The van der Waals surface area contributed by atoms with E-state index in [2.05, 4.69) is 22.0 Å². The molecule has 3 N–H and O–H groups in total. The molecule has 1 aromatic heterocycles. The number of hydrogen-bond acceptors (Lipinski definition) is 5. The highest BCUT2D eigenvalue weighted by molar-refractivity contribution is 7.90. The fourth-order valence-corrected chi connectivity index (χ4v) is 5.01. The number of anilines is 1. The van der Waals surface area contributed by atoms with Gasteiger partial charge >= 0.3 is 0 Å². The Kier molecular flexibility index (Phi) is 6.26. The van der Waals surface area contributed by atoms with Gasteiger partial charge in [0.25, 0.3) is 15.9 Å². The lowest BCUT2D eigenvalue weighted by molar-refractivity contribution is 0.0971. The van der Waals surface area contributed by atoms with Crippen LogP contribution in [0.4, 0.5) is 5.69 Å². The Morgan fingerprint density at radius 2 is 1.65 bits per heavy atom. The van der Waals surface area contributed by atoms with Crippen LogP contribution in [-0.4, -0.2) is 24.1 Å². The zero-order valence-electron chi connectivity index (χ0n) is 19.2. The van der Waals surface area contributed by atoms with Gasteiger partial charge in [0.05, 0.1) is 17.1 Å². The fourth-order valence-electron chi connectivity index (χ4n) is 3.99. The average Bonchev–Trinajstić information content (AvgIpc) is 3.21. The summed E-state index contributed by atoms with van der Waals surface area (Å²) in [5.74, 6) is -0.764. The van der Waals surface area contributed by atoms with E-state index in [9.17, 15) is 13.2 Å². The molecule has 1 amide bonds. The molecule has 4 aromatic rings. The monoisotopic (exact) mass is 476 g/mol. The van der Waals surface area contributed by atoms with E-state index in [4.69, 9.17) is 5.73 Å². The minimum absolute atomic E-state index is 0. The predicted octanol–water partition coefficient (Wildman–Crippen LogP) is 4.47. The first kappa shape index (κ1) is 23.3. The van der Waals surface area contributed by atoms with Crippen molar-refractivity contribution in [3.63, 3.8) is 0 Å². The third kappa shape index (κ3) is 4.87. The SMILES string of the molecule is Cc1cc(C)c(Cn2nc(-c3ccccc3)cc2C(=O)NS(=O)(=O)c2cccc(N)c2)c(C)c1.[HH]. The summed E-state index contributed by atoms with van der Waals surface area (Å²) < 4.78 is 29.4. The van der Waals surface area contributed by atoms with Crippen LogP contribution in [0, 0.1) is 20.8 Å². The Morgan fingerprint density at radius 3 is 2.29 bits per heavy atom. The number of carbonyl (C=O) groups is 1. The van der Waals surface area contributed by atoms with E-state index in [0.717, 1.165) is 27.8 Å². The highest BCUT2D eigenvalue weighted by Crippen LogP contribution is 2.23. The molecule has 1 heterocycles. The van der Waals surface area contributed by atoms with E-state index >= 15 is 0 Å². The van der Waals surface area contributed by atoms with E-state index in [1.165, 1.54) is 18.2 Å². The minimum Gasteiger partial charge on any atom is -0.399 e. The second-order valence-electron chi connectivity index (χ2n) is 8.32. The third-order valence-corrected chi connectivity index (χ3v) is 6.95. The maximum absolute atomic E-state index is 13.2. The van der Waals surface area contributed by atoms with Gasteiger partial charge in [0.15, 0.2) is 0 Å². The molecule has 0 atom stereocenters. The molecule has 8 heteroatoms. The fraction of sp³-hybridized carbons (Fsp3) is 0.154. The van der Waals surface area contributed by atoms with Crippen molar-refractivity contribution in [2.75, 3.05) is 5.73 Å². The van der Waals surface area contributed by atoms with Crippen molar-refractivity contribution < 1.29 is 14.6 Å². The first-order valence-electron chi connectivity index (χ1n) is 10.8. The number of nitrogen functional groups attached to an aromatic ring is 1. The summed E-state index contributed by atoms with van der Waals surface area (Å²) in [6.07, 6.45) is 0. The molecule has 0 saturated carbocycles. The molecule has 176 valence electrons. The van der Waals surface area contributed by atoms with Crippen molar-refractivity contribution >= 4 is 21.6 Å². The largest absolute Gasteiger partial charge is 0.399 e. The number of nitrogens with one attached hydrogen (secondary N) is 1. The molecule has 0 spiro atoms. The van der Waals surface area contributed by atoms with Crippen molar-refractivity contribution in [3.05, 3.63) is 101 Å². The molecule has 4 rings (SSSR count). The Hall–Kier alpha value is -3.91. The Bertz CT molecular complexity index is 1460. The van der Waals surface area contributed by atoms with Crippen LogP contribution in [0.2, 0.25) is 0 Å². The Balaban J connectivity index is 0.00000342. The lowest BCUT2D eigenvalue weighted by Gasteiger charge is -2.14. The van der Waals surface area contributed by atoms with Gasteiger partial charge in [-0.15, -0.1) is 0 Å². The van der Waals surface area contributed by atoms with Gasteiger partial charge in [0, 0.05) is 12.7 Å². The number of nitrogens with zero attached hydrogens (tertiary/aromatic N) is 2. The first-order valence-corrected chi connectivity index (χ1v) is 12.2. The molecule has 0 fully saturated rings. The molecule has 0 bridgehead atoms. The molecule has 34 heavy (non-hydrogen) atoms. The lowest BCUT2D eigenvalue weighted by Crippen LogP contribution is -2.32. The summed E-state index contributed by atoms with van der Waals surface area (Å²) >= 11 is 0. The molecule has 0 aliphatic rings. The van der Waals surface area contributed by atoms with Crippen LogP contribution < -0.4 is 10.5 Å². The number of benzene rings is 3. The van der Waals surface area contributed by atoms with Crippen molar-refractivity contribution in [2.24, 2.45) is 0 Å². The quantitative estimate of drug-likeness (QED) is 0.399. The van der Waals surface area contributed by atoms with Gasteiger partial charge in [-0.3, -0.25) is 9.48 Å². The van der Waals surface area contributed by atoms with Gasteiger partial charge < -0.3 is 5.73 Å². The minimum atomic E-state index is -4.12. The number of amides is 1. The number of aromatic nitrogens is 2. The second kappa shape index (κ2) is 9.15. The summed E-state index contributed by atoms with van der Waals surface area (Å²) in [5, 5.41) is 4.66. The van der Waals surface area contributed by atoms with Crippen LogP contribution in [0.3, 0.4) is 0 Å². The maximum Gasteiger partial charge on any atom is 0.283 e. The zero-order chi connectivity index (χ0) is 24.5. The number of aryl methyl sites for hydroxylation is 3. The highest BCUT2D eigenvalue weighted by atomic mass is 32.2. The van der Waals surface area contributed by atoms with E-state index in [0.29, 0.717) is 12.2 Å². The molecule has 0 aliphatic carbocycles. The molecular weight excluding hydrogens is 448 g/mol. The van der Waals surface area contributed by atoms with Crippen molar-refractivity contribution in [3.8, 4) is 11.3 Å². The van der Waals surface area contributed by atoms with Crippen LogP contribution in [-0.2, 0) is 16.6 Å². The normalized spacial score (nSPS) is 11.4. The highest BCUT2D eigenvalue weighted by Gasteiger charge is 2.23. The Labute approximate surface area is 200 Å². The Morgan fingerprint density at radius 1 is 0.971 bits per heavy atom. The van der Waals surface area contributed by atoms with Crippen LogP contribution in [0.25, 0.3) is 11.3 Å². The van der Waals surface area contributed by atoms with E-state index < -0.39 is 15.9 Å². The maximum atomic E-state index is 13.2. The van der Waals surface area contributed by atoms with Crippen LogP contribution in [0.15, 0.2) is 77.7 Å². The van der Waals surface area contributed by atoms with Gasteiger partial charge in [-0.05, 0) is 61.7 Å². The van der Waals surface area contributed by atoms with Crippen LogP contribution >= 0.6 is 0 Å². The number of rotatable bonds is 6. The van der Waals surface area contributed by atoms with E-state index in [1.54, 1.807) is 16.8 Å². The summed E-state index contributed by atoms with van der Waals surface area (Å²) in [5.41, 5.74) is 11.9. The molecule has 0 unspecified atom stereocenters. The van der Waals surface area contributed by atoms with Crippen molar-refractivity contribution in [2.45, 2.75) is 32.2 Å². The molecule has 7 nitrogen and oxygen atoms in total. The zero-order valence-corrected chi connectivity index (χ0v) is 20.1. The van der Waals surface area contributed by atoms with Crippen molar-refractivity contribution in [1.29, 1.82) is 0 Å². The number of carbonyl (C=O) groups excluding carboxylic acids is 1. The molecule has 3 aromatic carbocycles. The lowest BCUT2D eigenvalue weighted by atomic mass is 10.00. The predicted molar refractivity (Wildman–Crippen MR) is 135 cm³/mol. The molecule has 0 radical (unpaired) electrons. The number of hydrogen-bond donors (Lipinski definition) is 2. The molecule has 0 aliphatic heterocycles. The molecular formula is C26H28N4O3S. The van der Waals surface area contributed by atoms with Gasteiger partial charge in [0.2, 0.25) is 0 Å². The summed E-state index contributed by atoms with van der Waals surface area (Å²) in [7, 11) is -4.12. The van der Waals surface area contributed by atoms with Gasteiger partial charge in [0.1, 0.15) is 5.69 Å². The third-order valence-electron chi connectivity index (χ3n) is 5.63. The summed E-state index contributed by atoms with van der Waals surface area (Å²) in [6.45, 7) is 6.39. The average molecular weight is 477 g/mol. The van der Waals surface area contributed by atoms with Gasteiger partial charge in [-0.25, -0.2) is 13.1 Å². The van der Waals surface area contributed by atoms with Crippen LogP contribution in [0.5, 0.6) is 0 Å². The van der Waals surface area contributed by atoms with Crippen LogP contribution in [0.1, 0.15) is 34.2 Å². The van der Waals surface area contributed by atoms with Gasteiger partial charge in [-0.2, -0.15) is 5.10 Å². The van der Waals surface area contributed by atoms with Crippen molar-refractivity contribution in [1.82, 2.24) is 14.5 Å². The standard InChI is InChI=1S/C26H26N4O3S.H2/c1-17-12-18(2)23(19(3)13-17)16-30-25(15-24(28-30)20-8-5-4-6-9-20)26(31)29-34(32,33)22-11-7-10-21(27)14-22;/h4-15H,16,27H2,1-3H3,(H,29,31);1H. The number of sulfonamides is 1.